The van der Waals surface area contributed by atoms with E-state index in [4.69, 9.17) is 9.63 Å². The fourth-order valence-electron chi connectivity index (χ4n) is 0.789. The molecule has 1 atom stereocenters. The summed E-state index contributed by atoms with van der Waals surface area (Å²) in [5.41, 5.74) is 0. The number of oxime groups is 1. The molecule has 12 heavy (non-hydrogen) atoms. The minimum atomic E-state index is -1.34. The zero-order valence-electron chi connectivity index (χ0n) is 8.00. The number of hydrogen-bond donors (Lipinski definition) is 2. The Morgan fingerprint density at radius 2 is 2.33 bits per heavy atom. The summed E-state index contributed by atoms with van der Waals surface area (Å²) in [6.07, 6.45) is 2.94. The van der Waals surface area contributed by atoms with Crippen LogP contribution in [-0.2, 0) is 4.43 Å². The van der Waals surface area contributed by atoms with Crippen LogP contribution in [-0.4, -0.2) is 27.4 Å². The molecule has 0 aromatic heterocycles. The Labute approximate surface area is 75.4 Å². The number of nitrogens with zero attached hydrogens (tertiary/aromatic N) is 1. The number of nitrogens with one attached hydrogen (secondary N) is 1. The van der Waals surface area contributed by atoms with Gasteiger partial charge in [0.2, 0.25) is 0 Å². The highest BCUT2D eigenvalue weighted by molar-refractivity contribution is 6.50. The van der Waals surface area contributed by atoms with Crippen molar-refractivity contribution >= 4 is 15.0 Å². The lowest BCUT2D eigenvalue weighted by Gasteiger charge is -2.11. The molecule has 0 heterocycles. The van der Waals surface area contributed by atoms with Crippen LogP contribution in [0.4, 0.5) is 0 Å². The van der Waals surface area contributed by atoms with Crippen molar-refractivity contribution in [3.05, 3.63) is 0 Å². The van der Waals surface area contributed by atoms with Crippen LogP contribution in [0.25, 0.3) is 0 Å². The summed E-state index contributed by atoms with van der Waals surface area (Å²) in [5, 5.41) is 11.8. The fourth-order valence-corrected chi connectivity index (χ4v) is 1.58. The standard InChI is InChI=1S/C7H18N2O2Si/c1-4-5-6-7(8-10)9-12(3)11-2/h10,12H,4-6H2,1-3H3,(H,8,9). The summed E-state index contributed by atoms with van der Waals surface area (Å²) in [5.74, 6) is 0.651. The second kappa shape index (κ2) is 7.12. The van der Waals surface area contributed by atoms with Crippen molar-refractivity contribution in [3.8, 4) is 0 Å². The number of hydrogen-bond acceptors (Lipinski definition) is 3. The molecule has 0 bridgehead atoms. The summed E-state index contributed by atoms with van der Waals surface area (Å²) in [4.78, 5) is 3.07. The molecule has 72 valence electrons. The van der Waals surface area contributed by atoms with E-state index in [0.29, 0.717) is 5.84 Å². The predicted molar refractivity (Wildman–Crippen MR) is 51.9 cm³/mol. The van der Waals surface area contributed by atoms with Gasteiger partial charge < -0.3 is 14.6 Å². The second-order valence-corrected chi connectivity index (χ2v) is 4.72. The summed E-state index contributed by atoms with van der Waals surface area (Å²) in [6, 6.07) is 0. The van der Waals surface area contributed by atoms with Crippen LogP contribution in [0, 0.1) is 0 Å². The normalized spacial score (nSPS) is 14.4. The van der Waals surface area contributed by atoms with Crippen LogP contribution in [0.2, 0.25) is 6.55 Å². The van der Waals surface area contributed by atoms with Gasteiger partial charge in [0.25, 0.3) is 9.20 Å². The smallest absolute Gasteiger partial charge is 0.279 e. The molecule has 0 aromatic carbocycles. The number of unbranched alkanes of at least 4 members (excludes halogenated alkanes) is 1. The van der Waals surface area contributed by atoms with Crippen LogP contribution in [0.3, 0.4) is 0 Å². The van der Waals surface area contributed by atoms with Gasteiger partial charge in [-0.25, -0.2) is 0 Å². The minimum absolute atomic E-state index is 0.651. The first-order valence-corrected chi connectivity index (χ1v) is 6.45. The van der Waals surface area contributed by atoms with Gasteiger partial charge in [-0.2, -0.15) is 0 Å². The van der Waals surface area contributed by atoms with E-state index >= 15 is 0 Å². The zero-order valence-corrected chi connectivity index (χ0v) is 9.16. The molecule has 4 nitrogen and oxygen atoms in total. The largest absolute Gasteiger partial charge is 0.409 e. The molecular weight excluding hydrogens is 172 g/mol. The highest BCUT2D eigenvalue weighted by atomic mass is 28.3. The van der Waals surface area contributed by atoms with Gasteiger partial charge in [-0.1, -0.05) is 18.5 Å². The van der Waals surface area contributed by atoms with Gasteiger partial charge in [-0.3, -0.25) is 0 Å². The maximum atomic E-state index is 8.59. The van der Waals surface area contributed by atoms with Gasteiger partial charge in [-0.15, -0.1) is 0 Å². The van der Waals surface area contributed by atoms with Crippen LogP contribution >= 0.6 is 0 Å². The summed E-state index contributed by atoms with van der Waals surface area (Å²) < 4.78 is 5.10. The van der Waals surface area contributed by atoms with E-state index < -0.39 is 9.20 Å². The first-order valence-electron chi connectivity index (χ1n) is 4.24. The van der Waals surface area contributed by atoms with Crippen molar-refractivity contribution in [1.82, 2.24) is 4.98 Å². The topological polar surface area (TPSA) is 53.9 Å². The maximum Gasteiger partial charge on any atom is 0.279 e. The molecule has 0 rings (SSSR count). The van der Waals surface area contributed by atoms with Crippen LogP contribution in [0.1, 0.15) is 26.2 Å². The van der Waals surface area contributed by atoms with E-state index in [9.17, 15) is 0 Å². The molecule has 2 N–H and O–H groups in total. The zero-order chi connectivity index (χ0) is 9.40. The van der Waals surface area contributed by atoms with Crippen molar-refractivity contribution in [2.45, 2.75) is 32.7 Å². The van der Waals surface area contributed by atoms with Crippen LogP contribution in [0.5, 0.6) is 0 Å². The Morgan fingerprint density at radius 3 is 2.75 bits per heavy atom. The van der Waals surface area contributed by atoms with E-state index in [1.54, 1.807) is 7.11 Å². The fraction of sp³-hybridized carbons (Fsp3) is 0.857. The average Bonchev–Trinajstić information content (AvgIpc) is 2.11. The molecule has 0 aliphatic heterocycles. The Hall–Kier alpha value is -0.553. The van der Waals surface area contributed by atoms with Crippen LogP contribution < -0.4 is 4.98 Å². The quantitative estimate of drug-likeness (QED) is 0.224. The Bertz CT molecular complexity index is 141. The van der Waals surface area contributed by atoms with Gasteiger partial charge >= 0.3 is 0 Å². The van der Waals surface area contributed by atoms with Gasteiger partial charge in [0.1, 0.15) is 5.84 Å². The molecule has 0 aromatic rings. The first kappa shape index (κ1) is 11.4. The molecule has 1 unspecified atom stereocenters. The van der Waals surface area contributed by atoms with E-state index in [-0.39, 0.29) is 0 Å². The maximum absolute atomic E-state index is 8.59. The van der Waals surface area contributed by atoms with E-state index in [2.05, 4.69) is 17.1 Å². The van der Waals surface area contributed by atoms with E-state index in [1.165, 1.54) is 0 Å². The lowest BCUT2D eigenvalue weighted by atomic mass is 10.2. The molecule has 0 spiro atoms. The third-order valence-electron chi connectivity index (χ3n) is 1.61. The Morgan fingerprint density at radius 1 is 1.67 bits per heavy atom. The van der Waals surface area contributed by atoms with Gasteiger partial charge in [0.15, 0.2) is 0 Å². The SMILES string of the molecule is CCCCC(=NO)N[SiH](C)OC. The third-order valence-corrected chi connectivity index (χ3v) is 3.06. The second-order valence-electron chi connectivity index (χ2n) is 2.67. The van der Waals surface area contributed by atoms with Gasteiger partial charge in [0.05, 0.1) is 0 Å². The van der Waals surface area contributed by atoms with E-state index in [0.717, 1.165) is 19.3 Å². The lowest BCUT2D eigenvalue weighted by Crippen LogP contribution is -2.38. The van der Waals surface area contributed by atoms with Crippen molar-refractivity contribution in [1.29, 1.82) is 0 Å². The minimum Gasteiger partial charge on any atom is -0.409 e. The number of amidine groups is 1. The average molecular weight is 190 g/mol. The summed E-state index contributed by atoms with van der Waals surface area (Å²) in [6.45, 7) is 4.10. The molecule has 0 amide bonds. The predicted octanol–water partition coefficient (Wildman–Crippen LogP) is 1.05. The molecule has 0 aliphatic rings. The highest BCUT2D eigenvalue weighted by Crippen LogP contribution is 1.95. The molecule has 0 saturated carbocycles. The molecule has 5 heteroatoms. The van der Waals surface area contributed by atoms with Crippen molar-refractivity contribution in [2.75, 3.05) is 7.11 Å². The van der Waals surface area contributed by atoms with Crippen molar-refractivity contribution in [3.63, 3.8) is 0 Å². The summed E-state index contributed by atoms with van der Waals surface area (Å²) >= 11 is 0. The number of rotatable bonds is 5. The highest BCUT2D eigenvalue weighted by Gasteiger charge is 2.05. The molecule has 0 aliphatic carbocycles. The first-order chi connectivity index (χ1) is 5.74. The third kappa shape index (κ3) is 5.14. The molecule has 0 fully saturated rings. The van der Waals surface area contributed by atoms with Gasteiger partial charge in [0, 0.05) is 13.5 Å². The molecule has 0 saturated heterocycles. The lowest BCUT2D eigenvalue weighted by molar-refractivity contribution is 0.315. The van der Waals surface area contributed by atoms with E-state index in [1.807, 2.05) is 6.55 Å². The summed E-state index contributed by atoms with van der Waals surface area (Å²) in [7, 11) is 0.325. The molecular formula is C7H18N2O2Si. The van der Waals surface area contributed by atoms with Crippen molar-refractivity contribution < 1.29 is 9.63 Å². The molecule has 0 radical (unpaired) electrons. The monoisotopic (exact) mass is 190 g/mol. The van der Waals surface area contributed by atoms with Crippen molar-refractivity contribution in [2.24, 2.45) is 5.16 Å². The van der Waals surface area contributed by atoms with Gasteiger partial charge in [-0.05, 0) is 13.0 Å². The van der Waals surface area contributed by atoms with Crippen LogP contribution in [0.15, 0.2) is 5.16 Å². The Kier molecular flexibility index (Phi) is 6.79. The Balaban J connectivity index is 3.68.